The lowest BCUT2D eigenvalue weighted by atomic mass is 9.95. The Bertz CT molecular complexity index is 620. The predicted molar refractivity (Wildman–Crippen MR) is 89.1 cm³/mol. The van der Waals surface area contributed by atoms with Crippen LogP contribution in [0.25, 0.3) is 0 Å². The maximum Gasteiger partial charge on any atom is 0.227 e. The number of aryl methyl sites for hydroxylation is 1. The van der Waals surface area contributed by atoms with Crippen molar-refractivity contribution in [1.82, 2.24) is 4.90 Å². The zero-order valence-corrected chi connectivity index (χ0v) is 13.8. The highest BCUT2D eigenvalue weighted by Gasteiger charge is 2.26. The van der Waals surface area contributed by atoms with Crippen molar-refractivity contribution in [1.29, 1.82) is 0 Å². The largest absolute Gasteiger partial charge is 0.343 e. The third-order valence-corrected chi connectivity index (χ3v) is 4.13. The van der Waals surface area contributed by atoms with E-state index in [1.165, 1.54) is 6.92 Å². The molecule has 1 aliphatic heterocycles. The molecule has 6 heteroatoms. The van der Waals surface area contributed by atoms with Crippen LogP contribution in [-0.2, 0) is 14.4 Å². The number of rotatable bonds is 3. The molecule has 2 rings (SSSR count). The third-order valence-electron chi connectivity index (χ3n) is 4.13. The summed E-state index contributed by atoms with van der Waals surface area (Å²) in [6.07, 6.45) is 1.35. The molecule has 0 aliphatic carbocycles. The van der Waals surface area contributed by atoms with E-state index in [9.17, 15) is 14.4 Å². The number of nitrogens with one attached hydrogen (secondary N) is 2. The highest BCUT2D eigenvalue weighted by molar-refractivity contribution is 5.95. The number of likely N-dealkylation sites (tertiary alicyclic amines) is 1. The zero-order valence-electron chi connectivity index (χ0n) is 13.8. The molecule has 124 valence electrons. The number of piperidine rings is 1. The summed E-state index contributed by atoms with van der Waals surface area (Å²) in [5, 5.41) is 5.65. The van der Waals surface area contributed by atoms with E-state index in [4.69, 9.17) is 0 Å². The average molecular weight is 317 g/mol. The van der Waals surface area contributed by atoms with Crippen molar-refractivity contribution in [3.05, 3.63) is 23.8 Å². The molecule has 0 unspecified atom stereocenters. The smallest absolute Gasteiger partial charge is 0.227 e. The highest BCUT2D eigenvalue weighted by atomic mass is 16.2. The fraction of sp³-hybridized carbons (Fsp3) is 0.471. The fourth-order valence-electron chi connectivity index (χ4n) is 2.73. The van der Waals surface area contributed by atoms with Crippen molar-refractivity contribution < 1.29 is 14.4 Å². The number of carbonyl (C=O) groups is 3. The summed E-state index contributed by atoms with van der Waals surface area (Å²) in [7, 11) is 0. The summed E-state index contributed by atoms with van der Waals surface area (Å²) in [5.41, 5.74) is 2.30. The number of benzene rings is 1. The first-order chi connectivity index (χ1) is 10.9. The van der Waals surface area contributed by atoms with Gasteiger partial charge in [0.15, 0.2) is 0 Å². The van der Waals surface area contributed by atoms with Gasteiger partial charge in [0, 0.05) is 44.2 Å². The molecular formula is C17H23N3O3. The van der Waals surface area contributed by atoms with E-state index in [1.807, 2.05) is 13.0 Å². The van der Waals surface area contributed by atoms with Gasteiger partial charge in [-0.25, -0.2) is 0 Å². The first-order valence-electron chi connectivity index (χ1n) is 7.81. The second kappa shape index (κ2) is 7.26. The van der Waals surface area contributed by atoms with Crippen LogP contribution in [0.1, 0.15) is 32.3 Å². The molecule has 0 aromatic heterocycles. The second-order valence-electron chi connectivity index (χ2n) is 5.98. The number of hydrogen-bond donors (Lipinski definition) is 2. The van der Waals surface area contributed by atoms with Gasteiger partial charge in [-0.05, 0) is 37.5 Å². The number of carbonyl (C=O) groups excluding carboxylic acids is 3. The summed E-state index contributed by atoms with van der Waals surface area (Å²) in [6, 6.07) is 5.43. The van der Waals surface area contributed by atoms with Crippen molar-refractivity contribution in [2.75, 3.05) is 23.7 Å². The van der Waals surface area contributed by atoms with Crippen molar-refractivity contribution in [2.45, 2.75) is 33.6 Å². The molecule has 1 aromatic carbocycles. The van der Waals surface area contributed by atoms with Crippen LogP contribution in [0.15, 0.2) is 18.2 Å². The Balaban J connectivity index is 2.00. The lowest BCUT2D eigenvalue weighted by Gasteiger charge is -2.30. The molecule has 1 heterocycles. The first-order valence-corrected chi connectivity index (χ1v) is 7.81. The fourth-order valence-corrected chi connectivity index (χ4v) is 2.73. The zero-order chi connectivity index (χ0) is 17.0. The van der Waals surface area contributed by atoms with Crippen LogP contribution in [0.2, 0.25) is 0 Å². The van der Waals surface area contributed by atoms with Crippen molar-refractivity contribution in [3.8, 4) is 0 Å². The van der Waals surface area contributed by atoms with Gasteiger partial charge < -0.3 is 15.5 Å². The summed E-state index contributed by atoms with van der Waals surface area (Å²) in [6.45, 7) is 6.15. The summed E-state index contributed by atoms with van der Waals surface area (Å²) in [5.74, 6) is -0.212. The molecule has 1 aliphatic rings. The molecule has 6 nitrogen and oxygen atoms in total. The molecule has 1 fully saturated rings. The van der Waals surface area contributed by atoms with Crippen LogP contribution in [0.4, 0.5) is 11.4 Å². The maximum atomic E-state index is 12.4. The van der Waals surface area contributed by atoms with Gasteiger partial charge in [-0.3, -0.25) is 14.4 Å². The molecular weight excluding hydrogens is 294 g/mol. The van der Waals surface area contributed by atoms with Crippen LogP contribution >= 0.6 is 0 Å². The van der Waals surface area contributed by atoms with Gasteiger partial charge in [0.2, 0.25) is 17.7 Å². The lowest BCUT2D eigenvalue weighted by Crippen LogP contribution is -2.40. The van der Waals surface area contributed by atoms with Gasteiger partial charge in [-0.1, -0.05) is 6.07 Å². The maximum absolute atomic E-state index is 12.4. The molecule has 0 atom stereocenters. The Kier molecular flexibility index (Phi) is 5.36. The number of nitrogens with zero attached hydrogens (tertiary/aromatic N) is 1. The van der Waals surface area contributed by atoms with Gasteiger partial charge in [0.25, 0.3) is 0 Å². The lowest BCUT2D eigenvalue weighted by molar-refractivity contribution is -0.132. The number of hydrogen-bond acceptors (Lipinski definition) is 3. The Hall–Kier alpha value is -2.37. The third kappa shape index (κ3) is 4.55. The quantitative estimate of drug-likeness (QED) is 0.896. The van der Waals surface area contributed by atoms with E-state index in [0.29, 0.717) is 37.3 Å². The van der Waals surface area contributed by atoms with E-state index in [-0.39, 0.29) is 23.6 Å². The molecule has 0 spiro atoms. The monoisotopic (exact) mass is 317 g/mol. The normalized spacial score (nSPS) is 15.2. The standard InChI is InChI=1S/C17H23N3O3/c1-11-4-5-15(18-12(2)21)10-16(11)19-17(23)14-6-8-20(9-7-14)13(3)22/h4-5,10,14H,6-9H2,1-3H3,(H,18,21)(H,19,23). The van der Waals surface area contributed by atoms with E-state index in [0.717, 1.165) is 5.56 Å². The molecule has 2 N–H and O–H groups in total. The summed E-state index contributed by atoms with van der Waals surface area (Å²) in [4.78, 5) is 36.7. The van der Waals surface area contributed by atoms with Gasteiger partial charge in [-0.2, -0.15) is 0 Å². The van der Waals surface area contributed by atoms with Crippen molar-refractivity contribution in [2.24, 2.45) is 5.92 Å². The van der Waals surface area contributed by atoms with Gasteiger partial charge in [0.1, 0.15) is 0 Å². The van der Waals surface area contributed by atoms with Crippen LogP contribution in [0.5, 0.6) is 0 Å². The van der Waals surface area contributed by atoms with Crippen molar-refractivity contribution >= 4 is 29.1 Å². The Labute approximate surface area is 136 Å². The Morgan fingerprint density at radius 1 is 1.09 bits per heavy atom. The molecule has 3 amide bonds. The minimum Gasteiger partial charge on any atom is -0.343 e. The average Bonchev–Trinajstić information content (AvgIpc) is 2.50. The predicted octanol–water partition coefficient (Wildman–Crippen LogP) is 2.15. The highest BCUT2D eigenvalue weighted by Crippen LogP contribution is 2.23. The van der Waals surface area contributed by atoms with Crippen molar-refractivity contribution in [3.63, 3.8) is 0 Å². The summed E-state index contributed by atoms with van der Waals surface area (Å²) < 4.78 is 0. The van der Waals surface area contributed by atoms with Gasteiger partial charge >= 0.3 is 0 Å². The van der Waals surface area contributed by atoms with Gasteiger partial charge in [0.05, 0.1) is 0 Å². The van der Waals surface area contributed by atoms with E-state index in [1.54, 1.807) is 24.0 Å². The van der Waals surface area contributed by atoms with Crippen LogP contribution in [0, 0.1) is 12.8 Å². The molecule has 0 bridgehead atoms. The Morgan fingerprint density at radius 2 is 1.74 bits per heavy atom. The minimum absolute atomic E-state index is 0.0312. The second-order valence-corrected chi connectivity index (χ2v) is 5.98. The molecule has 1 saturated heterocycles. The minimum atomic E-state index is -0.150. The number of amides is 3. The van der Waals surface area contributed by atoms with Gasteiger partial charge in [-0.15, -0.1) is 0 Å². The molecule has 0 saturated carbocycles. The SMILES string of the molecule is CC(=O)Nc1ccc(C)c(NC(=O)C2CCN(C(C)=O)CC2)c1. The number of anilines is 2. The van der Waals surface area contributed by atoms with Crippen LogP contribution in [0.3, 0.4) is 0 Å². The Morgan fingerprint density at radius 3 is 2.30 bits per heavy atom. The van der Waals surface area contributed by atoms with E-state index in [2.05, 4.69) is 10.6 Å². The molecule has 1 aromatic rings. The molecule has 23 heavy (non-hydrogen) atoms. The topological polar surface area (TPSA) is 78.5 Å². The summed E-state index contributed by atoms with van der Waals surface area (Å²) >= 11 is 0. The molecule has 0 radical (unpaired) electrons. The van der Waals surface area contributed by atoms with Crippen LogP contribution < -0.4 is 10.6 Å². The van der Waals surface area contributed by atoms with E-state index >= 15 is 0 Å². The van der Waals surface area contributed by atoms with E-state index < -0.39 is 0 Å². The first kappa shape index (κ1) is 17.0. The van der Waals surface area contributed by atoms with Crippen LogP contribution in [-0.4, -0.2) is 35.7 Å².